The normalized spacial score (nSPS) is 12.0. The number of hydrogen-bond acceptors (Lipinski definition) is 6. The van der Waals surface area contributed by atoms with Gasteiger partial charge in [-0.05, 0) is 44.9 Å². The Bertz CT molecular complexity index is 854. The minimum atomic E-state index is -0.765. The van der Waals surface area contributed by atoms with Crippen LogP contribution in [0.1, 0.15) is 265 Å². The monoisotopic (exact) mass is 777 g/mol. The van der Waals surface area contributed by atoms with Crippen LogP contribution in [0, 0.1) is 0 Å². The van der Waals surface area contributed by atoms with Crippen LogP contribution in [0.2, 0.25) is 0 Å². The first-order valence-electron chi connectivity index (χ1n) is 24.2. The standard InChI is InChI=1S/C49H92O6/c1-4-7-10-13-16-19-21-23-24-26-27-30-33-36-39-42-48(51)54-45-46(44-53-47(50)41-38-35-32-29-18-15-12-9-6-3)55-49(52)43-40-37-34-31-28-25-22-20-17-14-11-8-5-2/h20,22,46H,4-19,21,23-45H2,1-3H3/b22-20-. The SMILES string of the molecule is CCCCCC/C=C\CCCCCCCC(=O)OC(COC(=O)CCCCCCCCCCC)COC(=O)CCCCCCCCCCCCCCCCC. The minimum Gasteiger partial charge on any atom is -0.462 e. The molecule has 0 aromatic rings. The predicted octanol–water partition coefficient (Wildman–Crippen LogP) is 15.4. The zero-order valence-electron chi connectivity index (χ0n) is 37.0. The Morgan fingerprint density at radius 3 is 0.927 bits per heavy atom. The molecule has 0 aliphatic rings. The summed E-state index contributed by atoms with van der Waals surface area (Å²) in [7, 11) is 0. The molecule has 0 fully saturated rings. The number of carbonyl (C=O) groups excluding carboxylic acids is 3. The van der Waals surface area contributed by atoms with E-state index in [-0.39, 0.29) is 31.1 Å². The van der Waals surface area contributed by atoms with Crippen molar-refractivity contribution >= 4 is 17.9 Å². The third kappa shape index (κ3) is 43.1. The Kier molecular flexibility index (Phi) is 43.4. The van der Waals surface area contributed by atoms with Crippen LogP contribution >= 0.6 is 0 Å². The van der Waals surface area contributed by atoms with Crippen molar-refractivity contribution in [1.82, 2.24) is 0 Å². The predicted molar refractivity (Wildman–Crippen MR) is 233 cm³/mol. The van der Waals surface area contributed by atoms with Gasteiger partial charge in [-0.2, -0.15) is 0 Å². The average Bonchev–Trinajstić information content (AvgIpc) is 3.18. The average molecular weight is 777 g/mol. The van der Waals surface area contributed by atoms with E-state index in [4.69, 9.17) is 14.2 Å². The van der Waals surface area contributed by atoms with Crippen LogP contribution in [-0.4, -0.2) is 37.2 Å². The van der Waals surface area contributed by atoms with Crippen LogP contribution in [0.3, 0.4) is 0 Å². The molecule has 0 radical (unpaired) electrons. The maximum Gasteiger partial charge on any atom is 0.306 e. The van der Waals surface area contributed by atoms with Gasteiger partial charge in [-0.1, -0.05) is 213 Å². The van der Waals surface area contributed by atoms with Crippen molar-refractivity contribution in [3.05, 3.63) is 12.2 Å². The molecule has 0 aromatic carbocycles. The molecule has 6 heteroatoms. The molecule has 1 atom stereocenters. The van der Waals surface area contributed by atoms with Gasteiger partial charge in [0.05, 0.1) is 0 Å². The minimum absolute atomic E-state index is 0.0687. The summed E-state index contributed by atoms with van der Waals surface area (Å²) in [6.07, 6.45) is 47.6. The molecular weight excluding hydrogens is 685 g/mol. The van der Waals surface area contributed by atoms with Gasteiger partial charge in [0.1, 0.15) is 13.2 Å². The van der Waals surface area contributed by atoms with E-state index in [9.17, 15) is 14.4 Å². The lowest BCUT2D eigenvalue weighted by Crippen LogP contribution is -2.30. The second-order valence-corrected chi connectivity index (χ2v) is 16.4. The highest BCUT2D eigenvalue weighted by Gasteiger charge is 2.19. The number of ether oxygens (including phenoxy) is 3. The molecule has 0 aliphatic heterocycles. The third-order valence-electron chi connectivity index (χ3n) is 10.8. The quantitative estimate of drug-likeness (QED) is 0.0265. The Labute approximate surface area is 341 Å². The van der Waals surface area contributed by atoms with Crippen molar-refractivity contribution in [3.63, 3.8) is 0 Å². The van der Waals surface area contributed by atoms with Crippen molar-refractivity contribution in [1.29, 1.82) is 0 Å². The molecule has 0 saturated heterocycles. The second-order valence-electron chi connectivity index (χ2n) is 16.4. The first kappa shape index (κ1) is 53.1. The van der Waals surface area contributed by atoms with Crippen LogP contribution < -0.4 is 0 Å². The molecule has 1 unspecified atom stereocenters. The van der Waals surface area contributed by atoms with E-state index in [0.29, 0.717) is 19.3 Å². The van der Waals surface area contributed by atoms with Gasteiger partial charge in [-0.15, -0.1) is 0 Å². The molecule has 0 bridgehead atoms. The van der Waals surface area contributed by atoms with Gasteiger partial charge in [0, 0.05) is 19.3 Å². The summed E-state index contributed by atoms with van der Waals surface area (Å²) in [6.45, 7) is 6.62. The van der Waals surface area contributed by atoms with E-state index >= 15 is 0 Å². The van der Waals surface area contributed by atoms with E-state index in [0.717, 1.165) is 64.2 Å². The summed E-state index contributed by atoms with van der Waals surface area (Å²) in [5.41, 5.74) is 0. The van der Waals surface area contributed by atoms with Crippen LogP contribution in [-0.2, 0) is 28.6 Å². The smallest absolute Gasteiger partial charge is 0.306 e. The Morgan fingerprint density at radius 2 is 0.600 bits per heavy atom. The lowest BCUT2D eigenvalue weighted by Gasteiger charge is -2.18. The zero-order valence-corrected chi connectivity index (χ0v) is 37.0. The molecule has 6 nitrogen and oxygen atoms in total. The molecule has 0 aromatic heterocycles. The number of hydrogen-bond donors (Lipinski definition) is 0. The highest BCUT2D eigenvalue weighted by molar-refractivity contribution is 5.71. The number of rotatable bonds is 44. The van der Waals surface area contributed by atoms with Gasteiger partial charge in [-0.3, -0.25) is 14.4 Å². The third-order valence-corrected chi connectivity index (χ3v) is 10.8. The van der Waals surface area contributed by atoms with Crippen LogP contribution in [0.15, 0.2) is 12.2 Å². The summed E-state index contributed by atoms with van der Waals surface area (Å²) in [4.78, 5) is 37.7. The summed E-state index contributed by atoms with van der Waals surface area (Å²) >= 11 is 0. The molecule has 0 amide bonds. The summed E-state index contributed by atoms with van der Waals surface area (Å²) in [5.74, 6) is -0.869. The molecule has 0 saturated carbocycles. The molecule has 0 heterocycles. The van der Waals surface area contributed by atoms with E-state index in [1.54, 1.807) is 0 Å². The van der Waals surface area contributed by atoms with Gasteiger partial charge < -0.3 is 14.2 Å². The highest BCUT2D eigenvalue weighted by atomic mass is 16.6. The number of unbranched alkanes of at least 4 members (excludes halogenated alkanes) is 31. The van der Waals surface area contributed by atoms with Gasteiger partial charge in [-0.25, -0.2) is 0 Å². The van der Waals surface area contributed by atoms with Crippen LogP contribution in [0.4, 0.5) is 0 Å². The van der Waals surface area contributed by atoms with Crippen molar-refractivity contribution in [2.45, 2.75) is 271 Å². The van der Waals surface area contributed by atoms with E-state index in [1.807, 2.05) is 0 Å². The van der Waals surface area contributed by atoms with Gasteiger partial charge in [0.15, 0.2) is 6.10 Å². The Balaban J connectivity index is 4.30. The number of carbonyl (C=O) groups is 3. The van der Waals surface area contributed by atoms with E-state index in [2.05, 4.69) is 32.9 Å². The fourth-order valence-corrected chi connectivity index (χ4v) is 7.08. The number of allylic oxidation sites excluding steroid dienone is 2. The molecule has 55 heavy (non-hydrogen) atoms. The molecule has 324 valence electrons. The maximum atomic E-state index is 12.7. The molecule has 0 aliphatic carbocycles. The van der Waals surface area contributed by atoms with Crippen LogP contribution in [0.5, 0.6) is 0 Å². The second kappa shape index (κ2) is 44.9. The fourth-order valence-electron chi connectivity index (χ4n) is 7.08. The zero-order chi connectivity index (χ0) is 40.1. The summed E-state index contributed by atoms with van der Waals surface area (Å²) in [5, 5.41) is 0. The van der Waals surface area contributed by atoms with Crippen LogP contribution in [0.25, 0.3) is 0 Å². The Hall–Kier alpha value is -1.85. The lowest BCUT2D eigenvalue weighted by atomic mass is 10.0. The van der Waals surface area contributed by atoms with Crippen molar-refractivity contribution < 1.29 is 28.6 Å². The first-order valence-corrected chi connectivity index (χ1v) is 24.2. The Morgan fingerprint density at radius 1 is 0.345 bits per heavy atom. The topological polar surface area (TPSA) is 78.9 Å². The summed E-state index contributed by atoms with van der Waals surface area (Å²) in [6, 6.07) is 0. The molecule has 0 N–H and O–H groups in total. The molecular formula is C49H92O6. The maximum absolute atomic E-state index is 12.7. The largest absolute Gasteiger partial charge is 0.462 e. The molecule has 0 rings (SSSR count). The lowest BCUT2D eigenvalue weighted by molar-refractivity contribution is -0.167. The fraction of sp³-hybridized carbons (Fsp3) is 0.898. The number of esters is 3. The molecule has 0 spiro atoms. The van der Waals surface area contributed by atoms with Gasteiger partial charge >= 0.3 is 17.9 Å². The summed E-state index contributed by atoms with van der Waals surface area (Å²) < 4.78 is 16.7. The van der Waals surface area contributed by atoms with Gasteiger partial charge in [0.25, 0.3) is 0 Å². The van der Waals surface area contributed by atoms with Crippen molar-refractivity contribution in [2.24, 2.45) is 0 Å². The highest BCUT2D eigenvalue weighted by Crippen LogP contribution is 2.15. The first-order chi connectivity index (χ1) is 27.0. The van der Waals surface area contributed by atoms with E-state index in [1.165, 1.54) is 161 Å². The van der Waals surface area contributed by atoms with Gasteiger partial charge in [0.2, 0.25) is 0 Å². The van der Waals surface area contributed by atoms with Crippen molar-refractivity contribution in [2.75, 3.05) is 13.2 Å². The van der Waals surface area contributed by atoms with Crippen molar-refractivity contribution in [3.8, 4) is 0 Å². The van der Waals surface area contributed by atoms with E-state index < -0.39 is 6.10 Å².